The molecule has 0 aliphatic rings. The minimum Gasteiger partial charge on any atom is -0.493 e. The van der Waals surface area contributed by atoms with Crippen LogP contribution >= 0.6 is 0 Å². The highest BCUT2D eigenvalue weighted by molar-refractivity contribution is 5.26. The second-order valence-electron chi connectivity index (χ2n) is 5.16. The van der Waals surface area contributed by atoms with Gasteiger partial charge < -0.3 is 9.84 Å². The summed E-state index contributed by atoms with van der Waals surface area (Å²) in [6.45, 7) is 4.17. The molecule has 0 saturated carbocycles. The zero-order chi connectivity index (χ0) is 14.5. The van der Waals surface area contributed by atoms with Gasteiger partial charge in [0.1, 0.15) is 0 Å². The van der Waals surface area contributed by atoms with Crippen LogP contribution in [0.1, 0.15) is 43.7 Å². The molecule has 0 radical (unpaired) electrons. The Bertz CT molecular complexity index is 535. The zero-order valence-electron chi connectivity index (χ0n) is 12.3. The number of aromatic nitrogens is 2. The fourth-order valence-electron chi connectivity index (χ4n) is 2.34. The summed E-state index contributed by atoms with van der Waals surface area (Å²) in [5.74, 6) is 0.791. The van der Waals surface area contributed by atoms with Gasteiger partial charge in [-0.25, -0.2) is 0 Å². The van der Waals surface area contributed by atoms with Gasteiger partial charge in [-0.3, -0.25) is 4.68 Å². The lowest BCUT2D eigenvalue weighted by Crippen LogP contribution is -2.10. The fraction of sp³-hybridized carbons (Fsp3) is 0.438. The average molecular weight is 274 g/mol. The summed E-state index contributed by atoms with van der Waals surface area (Å²) < 4.78 is 7.30. The molecule has 108 valence electrons. The number of ether oxygens (including phenoxy) is 1. The van der Waals surface area contributed by atoms with Gasteiger partial charge in [0, 0.05) is 6.04 Å². The van der Waals surface area contributed by atoms with Gasteiger partial charge in [-0.1, -0.05) is 30.3 Å². The highest BCUT2D eigenvalue weighted by atomic mass is 16.5. The van der Waals surface area contributed by atoms with Crippen LogP contribution in [0, 0.1) is 0 Å². The summed E-state index contributed by atoms with van der Waals surface area (Å²) in [5, 5.41) is 14.6. The number of aliphatic hydroxyl groups excluding tert-OH is 1. The van der Waals surface area contributed by atoms with Gasteiger partial charge >= 0.3 is 0 Å². The van der Waals surface area contributed by atoms with Gasteiger partial charge in [-0.05, 0) is 32.3 Å². The smallest absolute Gasteiger partial charge is 0.159 e. The van der Waals surface area contributed by atoms with Crippen molar-refractivity contribution in [3.8, 4) is 5.75 Å². The third-order valence-corrected chi connectivity index (χ3v) is 3.41. The molecule has 2 aromatic rings. The van der Waals surface area contributed by atoms with E-state index < -0.39 is 6.10 Å². The minimum atomic E-state index is -0.462. The van der Waals surface area contributed by atoms with Crippen LogP contribution in [0.2, 0.25) is 0 Å². The fourth-order valence-corrected chi connectivity index (χ4v) is 2.34. The summed E-state index contributed by atoms with van der Waals surface area (Å²) in [6.07, 6.45) is 2.66. The first kappa shape index (κ1) is 14.6. The van der Waals surface area contributed by atoms with Crippen LogP contribution in [-0.2, 0) is 6.42 Å². The standard InChI is InChI=1S/C16H22N2O2/c1-12(2)18-14(16(20-3)11-17-18)9-10-15(19)13-7-5-4-6-8-13/h4-8,11-12,15,19H,9-10H2,1-3H3. The first-order chi connectivity index (χ1) is 9.63. The Morgan fingerprint density at radius 3 is 2.55 bits per heavy atom. The maximum Gasteiger partial charge on any atom is 0.159 e. The van der Waals surface area contributed by atoms with Crippen molar-refractivity contribution in [2.45, 2.75) is 38.8 Å². The van der Waals surface area contributed by atoms with Crippen LogP contribution in [0.4, 0.5) is 0 Å². The highest BCUT2D eigenvalue weighted by Gasteiger charge is 2.16. The molecule has 4 nitrogen and oxygen atoms in total. The van der Waals surface area contributed by atoms with Crippen molar-refractivity contribution in [2.75, 3.05) is 7.11 Å². The van der Waals surface area contributed by atoms with Crippen LogP contribution in [-0.4, -0.2) is 22.0 Å². The van der Waals surface area contributed by atoms with E-state index in [-0.39, 0.29) is 6.04 Å². The quantitative estimate of drug-likeness (QED) is 0.880. The molecule has 1 heterocycles. The molecule has 0 aliphatic heterocycles. The molecule has 1 aromatic heterocycles. The largest absolute Gasteiger partial charge is 0.493 e. The lowest BCUT2D eigenvalue weighted by atomic mass is 10.0. The van der Waals surface area contributed by atoms with Crippen molar-refractivity contribution >= 4 is 0 Å². The van der Waals surface area contributed by atoms with Gasteiger partial charge in [-0.2, -0.15) is 5.10 Å². The first-order valence-corrected chi connectivity index (χ1v) is 6.97. The summed E-state index contributed by atoms with van der Waals surface area (Å²) in [7, 11) is 1.65. The van der Waals surface area contributed by atoms with Crippen LogP contribution in [0.5, 0.6) is 5.75 Å². The Balaban J connectivity index is 2.09. The summed E-state index contributed by atoms with van der Waals surface area (Å²) in [4.78, 5) is 0. The summed E-state index contributed by atoms with van der Waals surface area (Å²) >= 11 is 0. The topological polar surface area (TPSA) is 47.3 Å². The van der Waals surface area contributed by atoms with E-state index in [1.54, 1.807) is 13.3 Å². The molecule has 20 heavy (non-hydrogen) atoms. The van der Waals surface area contributed by atoms with Crippen molar-refractivity contribution in [1.82, 2.24) is 9.78 Å². The van der Waals surface area contributed by atoms with Gasteiger partial charge in [0.15, 0.2) is 5.75 Å². The van der Waals surface area contributed by atoms with Crippen molar-refractivity contribution in [3.63, 3.8) is 0 Å². The van der Waals surface area contributed by atoms with Crippen LogP contribution in [0.3, 0.4) is 0 Å². The van der Waals surface area contributed by atoms with E-state index in [1.807, 2.05) is 35.0 Å². The molecule has 0 aliphatic carbocycles. The number of hydrogen-bond acceptors (Lipinski definition) is 3. The van der Waals surface area contributed by atoms with E-state index in [9.17, 15) is 5.11 Å². The van der Waals surface area contributed by atoms with Crippen LogP contribution < -0.4 is 4.74 Å². The molecule has 1 unspecified atom stereocenters. The Morgan fingerprint density at radius 2 is 1.95 bits per heavy atom. The van der Waals surface area contributed by atoms with Gasteiger partial charge in [-0.15, -0.1) is 0 Å². The number of benzene rings is 1. The molecule has 1 aromatic carbocycles. The van der Waals surface area contributed by atoms with E-state index in [4.69, 9.17) is 4.74 Å². The number of methoxy groups -OCH3 is 1. The van der Waals surface area contributed by atoms with E-state index in [1.165, 1.54) is 0 Å². The van der Waals surface area contributed by atoms with Crippen LogP contribution in [0.25, 0.3) is 0 Å². The van der Waals surface area contributed by atoms with E-state index in [0.29, 0.717) is 6.42 Å². The van der Waals surface area contributed by atoms with Crippen molar-refractivity contribution < 1.29 is 9.84 Å². The van der Waals surface area contributed by atoms with Crippen LogP contribution in [0.15, 0.2) is 36.5 Å². The molecule has 0 saturated heterocycles. The third kappa shape index (κ3) is 3.20. The van der Waals surface area contributed by atoms with Gasteiger partial charge in [0.25, 0.3) is 0 Å². The Labute approximate surface area is 120 Å². The van der Waals surface area contributed by atoms with Crippen molar-refractivity contribution in [1.29, 1.82) is 0 Å². The van der Waals surface area contributed by atoms with E-state index in [2.05, 4.69) is 18.9 Å². The molecule has 0 bridgehead atoms. The van der Waals surface area contributed by atoms with E-state index in [0.717, 1.165) is 23.4 Å². The Morgan fingerprint density at radius 1 is 1.25 bits per heavy atom. The molecule has 2 rings (SSSR count). The molecule has 0 fully saturated rings. The highest BCUT2D eigenvalue weighted by Crippen LogP contribution is 2.25. The third-order valence-electron chi connectivity index (χ3n) is 3.41. The lowest BCUT2D eigenvalue weighted by molar-refractivity contribution is 0.166. The molecule has 0 amide bonds. The number of hydrogen-bond donors (Lipinski definition) is 1. The van der Waals surface area contributed by atoms with Gasteiger partial charge in [0.05, 0.1) is 25.1 Å². The SMILES string of the molecule is COc1cnn(C(C)C)c1CCC(O)c1ccccc1. The summed E-state index contributed by atoms with van der Waals surface area (Å²) in [6, 6.07) is 10.0. The molecule has 0 spiro atoms. The Hall–Kier alpha value is -1.81. The maximum atomic E-state index is 10.2. The minimum absolute atomic E-state index is 0.280. The molecule has 4 heteroatoms. The monoisotopic (exact) mass is 274 g/mol. The predicted molar refractivity (Wildman–Crippen MR) is 78.9 cm³/mol. The van der Waals surface area contributed by atoms with Crippen molar-refractivity contribution in [3.05, 3.63) is 47.8 Å². The molecule has 1 N–H and O–H groups in total. The lowest BCUT2D eigenvalue weighted by Gasteiger charge is -2.15. The van der Waals surface area contributed by atoms with E-state index >= 15 is 0 Å². The Kier molecular flexibility index (Phi) is 4.79. The molecule has 1 atom stereocenters. The first-order valence-electron chi connectivity index (χ1n) is 6.97. The zero-order valence-corrected chi connectivity index (χ0v) is 12.3. The maximum absolute atomic E-state index is 10.2. The number of aliphatic hydroxyl groups is 1. The predicted octanol–water partition coefficient (Wildman–Crippen LogP) is 3.14. The molecular formula is C16H22N2O2. The second-order valence-corrected chi connectivity index (χ2v) is 5.16. The van der Waals surface area contributed by atoms with Gasteiger partial charge in [0.2, 0.25) is 0 Å². The summed E-state index contributed by atoms with van der Waals surface area (Å²) in [5.41, 5.74) is 1.99. The van der Waals surface area contributed by atoms with Crippen molar-refractivity contribution in [2.24, 2.45) is 0 Å². The number of nitrogens with zero attached hydrogens (tertiary/aromatic N) is 2. The average Bonchev–Trinajstić information content (AvgIpc) is 2.88. The number of rotatable bonds is 6. The normalized spacial score (nSPS) is 12.7. The molecular weight excluding hydrogens is 252 g/mol. The second kappa shape index (κ2) is 6.57.